The normalized spacial score (nSPS) is 17.3. The van der Waals surface area contributed by atoms with Crippen molar-refractivity contribution in [3.8, 4) is 0 Å². The summed E-state index contributed by atoms with van der Waals surface area (Å²) in [4.78, 5) is 0. The van der Waals surface area contributed by atoms with Gasteiger partial charge >= 0.3 is 37.8 Å². The van der Waals surface area contributed by atoms with Crippen LogP contribution in [0.3, 0.4) is 0 Å². The molecule has 1 rings (SSSR count). The Morgan fingerprint density at radius 1 is 1.33 bits per heavy atom. The van der Waals surface area contributed by atoms with Gasteiger partial charge in [-0.25, -0.2) is 0 Å². The molecule has 0 aliphatic carbocycles. The maximum absolute atomic E-state index is 2.18. The van der Waals surface area contributed by atoms with Gasteiger partial charge in [-0.1, -0.05) is 0 Å². The molecule has 0 unspecified atom stereocenters. The van der Waals surface area contributed by atoms with Crippen LogP contribution < -0.4 is 0 Å². The van der Waals surface area contributed by atoms with E-state index in [1.54, 1.807) is 0 Å². The van der Waals surface area contributed by atoms with Crippen LogP contribution in [0.4, 0.5) is 0 Å². The predicted octanol–water partition coefficient (Wildman–Crippen LogP) is 0.800. The zero-order valence-electron chi connectivity index (χ0n) is 3.72. The van der Waals surface area contributed by atoms with E-state index in [0.717, 1.165) is 0 Å². The van der Waals surface area contributed by atoms with Gasteiger partial charge in [0.15, 0.2) is 0 Å². The minimum absolute atomic E-state index is 1.23. The van der Waals surface area contributed by atoms with Gasteiger partial charge in [0.2, 0.25) is 0 Å². The standard InChI is InChI=1S/C5H7B/c1-2-4-6-5-3-1/h2,4-5H,1,3H2. The Hall–Kier alpha value is -0.325. The summed E-state index contributed by atoms with van der Waals surface area (Å²) in [6, 6.07) is 0. The number of hydrogen-bond donors (Lipinski definition) is 0. The molecule has 0 aromatic heterocycles. The third-order valence-corrected chi connectivity index (χ3v) is 0.883. The number of allylic oxidation sites excluding steroid dienone is 1. The zero-order chi connectivity index (χ0) is 4.24. The summed E-state index contributed by atoms with van der Waals surface area (Å²) in [5, 5.41) is 0. The second-order valence-corrected chi connectivity index (χ2v) is 1.43. The Labute approximate surface area is 38.8 Å². The molecule has 1 heterocycles. The van der Waals surface area contributed by atoms with Gasteiger partial charge in [0.05, 0.1) is 0 Å². The van der Waals surface area contributed by atoms with E-state index in [-0.39, 0.29) is 0 Å². The molecule has 0 amide bonds. The molecular weight excluding hydrogens is 70.9 g/mol. The summed E-state index contributed by atoms with van der Waals surface area (Å²) in [7, 11) is 0. The van der Waals surface area contributed by atoms with Crippen molar-refractivity contribution in [2.45, 2.75) is 12.8 Å². The van der Waals surface area contributed by atoms with Gasteiger partial charge in [0.1, 0.15) is 0 Å². The van der Waals surface area contributed by atoms with Gasteiger partial charge in [-0.3, -0.25) is 0 Å². The molecule has 0 spiro atoms. The fraction of sp³-hybridized carbons (Fsp3) is 0.400. The van der Waals surface area contributed by atoms with Crippen molar-refractivity contribution in [1.82, 2.24) is 0 Å². The van der Waals surface area contributed by atoms with E-state index in [0.29, 0.717) is 0 Å². The fourth-order valence-corrected chi connectivity index (χ4v) is 0.542. The molecule has 1 aliphatic rings. The summed E-state index contributed by atoms with van der Waals surface area (Å²) in [5.41, 5.74) is 0. The second-order valence-electron chi connectivity index (χ2n) is 1.43. The fourth-order valence-electron chi connectivity index (χ4n) is 0.542. The van der Waals surface area contributed by atoms with Gasteiger partial charge in [-0.05, 0) is 0 Å². The Bertz CT molecular complexity index is 69.9. The van der Waals surface area contributed by atoms with Crippen LogP contribution in [0.25, 0.3) is 0 Å². The van der Waals surface area contributed by atoms with Crippen molar-refractivity contribution >= 4 is 12.9 Å². The SMILES string of the molecule is B1=CCCC=C1. The van der Waals surface area contributed by atoms with E-state index in [4.69, 9.17) is 0 Å². The molecule has 0 nitrogen and oxygen atoms in total. The van der Waals surface area contributed by atoms with E-state index in [1.165, 1.54) is 12.8 Å². The minimum atomic E-state index is 1.23. The van der Waals surface area contributed by atoms with Crippen molar-refractivity contribution in [3.05, 3.63) is 12.1 Å². The molecule has 30 valence electrons. The Balaban J connectivity index is 2.46. The third kappa shape index (κ3) is 0.816. The van der Waals surface area contributed by atoms with Gasteiger partial charge in [-0.15, -0.1) is 0 Å². The Morgan fingerprint density at radius 2 is 2.33 bits per heavy atom. The number of hydrogen-bond acceptors (Lipinski definition) is 0. The van der Waals surface area contributed by atoms with Crippen molar-refractivity contribution < 1.29 is 0 Å². The van der Waals surface area contributed by atoms with Gasteiger partial charge in [0, 0.05) is 0 Å². The molecule has 0 radical (unpaired) electrons. The second kappa shape index (κ2) is 1.96. The van der Waals surface area contributed by atoms with Crippen LogP contribution >= 0.6 is 0 Å². The summed E-state index contributed by atoms with van der Waals surface area (Å²) >= 11 is 0. The van der Waals surface area contributed by atoms with E-state index < -0.39 is 0 Å². The topological polar surface area (TPSA) is 0 Å². The van der Waals surface area contributed by atoms with Crippen molar-refractivity contribution in [1.29, 1.82) is 0 Å². The molecule has 0 aromatic rings. The molecule has 0 saturated heterocycles. The predicted molar refractivity (Wildman–Crippen MR) is 30.2 cm³/mol. The van der Waals surface area contributed by atoms with Crippen LogP contribution in [-0.4, -0.2) is 12.9 Å². The molecule has 1 aliphatic heterocycles. The van der Waals surface area contributed by atoms with E-state index in [9.17, 15) is 0 Å². The molecule has 0 bridgehead atoms. The van der Waals surface area contributed by atoms with Crippen LogP contribution in [0.1, 0.15) is 12.8 Å². The Kier molecular flexibility index (Phi) is 1.26. The summed E-state index contributed by atoms with van der Waals surface area (Å²) in [6.07, 6.45) is 4.65. The average molecular weight is 77.9 g/mol. The van der Waals surface area contributed by atoms with Crippen LogP contribution in [-0.2, 0) is 0 Å². The average Bonchev–Trinajstić information content (AvgIpc) is 1.72. The molecule has 0 atom stereocenters. The quantitative estimate of drug-likeness (QED) is 0.376. The maximum atomic E-state index is 2.18. The van der Waals surface area contributed by atoms with Crippen LogP contribution in [0.2, 0.25) is 0 Å². The van der Waals surface area contributed by atoms with Gasteiger partial charge in [-0.2, -0.15) is 0 Å². The monoisotopic (exact) mass is 78.1 g/mol. The van der Waals surface area contributed by atoms with Crippen LogP contribution in [0.5, 0.6) is 0 Å². The third-order valence-electron chi connectivity index (χ3n) is 0.883. The summed E-state index contributed by atoms with van der Waals surface area (Å²) in [6.45, 7) is 2.09. The molecule has 0 fully saturated rings. The van der Waals surface area contributed by atoms with Crippen molar-refractivity contribution in [2.75, 3.05) is 0 Å². The summed E-state index contributed by atoms with van der Waals surface area (Å²) in [5.74, 6) is 4.27. The molecule has 0 aromatic carbocycles. The van der Waals surface area contributed by atoms with Crippen LogP contribution in [0, 0.1) is 0 Å². The van der Waals surface area contributed by atoms with Crippen LogP contribution in [0.15, 0.2) is 12.1 Å². The van der Waals surface area contributed by atoms with Crippen molar-refractivity contribution in [2.24, 2.45) is 0 Å². The number of rotatable bonds is 0. The van der Waals surface area contributed by atoms with E-state index in [1.807, 2.05) is 0 Å². The first-order valence-corrected chi connectivity index (χ1v) is 2.32. The van der Waals surface area contributed by atoms with Crippen molar-refractivity contribution in [3.63, 3.8) is 0 Å². The van der Waals surface area contributed by atoms with E-state index in [2.05, 4.69) is 24.9 Å². The molecular formula is C5H7B. The molecule has 1 heteroatoms. The zero-order valence-corrected chi connectivity index (χ0v) is 3.72. The Morgan fingerprint density at radius 3 is 2.50 bits per heavy atom. The molecule has 0 N–H and O–H groups in total. The first kappa shape index (κ1) is 3.85. The first-order valence-electron chi connectivity index (χ1n) is 2.32. The van der Waals surface area contributed by atoms with Gasteiger partial charge < -0.3 is 0 Å². The van der Waals surface area contributed by atoms with Gasteiger partial charge in [0.25, 0.3) is 0 Å². The molecule has 6 heavy (non-hydrogen) atoms. The van der Waals surface area contributed by atoms with E-state index >= 15 is 0 Å². The first-order chi connectivity index (χ1) is 3.00. The molecule has 0 saturated carbocycles. The summed E-state index contributed by atoms with van der Waals surface area (Å²) < 4.78 is 0.